The van der Waals surface area contributed by atoms with E-state index in [0.29, 0.717) is 141 Å². The lowest BCUT2D eigenvalue weighted by Gasteiger charge is -2.29. The standard InChI is InChI=1S/C29H30F3N3O3.2C28H30F3N3O2.C27H34F3N3O2/c1-19(36)21-10-8-9-20(15-21)16-22(28(38)34(2)23-11-4-3-5-12-23)17-24(37)18-35-26-14-7-6-13-25(26)27(33-35)29(30,31)32;2*1-19-9-8-10-20(15-19)16-21(27(36)33(2)22-11-4-3-5-12-22)17-23(35)18-34-25-14-7-6-13-24(25)26(32-34)28(29,30)31;1-32(21-12-6-3-7-13-21)26(35)20(16-19-10-4-2-5-11-19)17-22(34)18-33-24-15-9-8-14-23(24)25(31-33)27(28,29)30/h3-5,8-12,15,22H,6-7,13-14,16-18H2,1-2H3;2*3-5,8-12,15,21H,6-7,13-14,16-18H2,1-2H3;3,6-7,12-13,19-20H,2,4-5,8-11,14-18H2,1H3/t22-;2*21-;20-/m1111/s1. The molecule has 7 aromatic carbocycles. The summed E-state index contributed by atoms with van der Waals surface area (Å²) in [5.41, 5.74) is 7.22. The van der Waals surface area contributed by atoms with Crippen molar-refractivity contribution < 1.29 is 95.8 Å². The van der Waals surface area contributed by atoms with Crippen molar-refractivity contribution in [3.63, 3.8) is 0 Å². The quantitative estimate of drug-likeness (QED) is 0.0275. The molecule has 0 radical (unpaired) electrons. The highest BCUT2D eigenvalue weighted by molar-refractivity contribution is 6.00. The summed E-state index contributed by atoms with van der Waals surface area (Å²) in [6, 6.07) is 59.0. The average molecular weight is 2010 g/mol. The second kappa shape index (κ2) is 49.1. The molecule has 0 unspecified atom stereocenters. The van der Waals surface area contributed by atoms with E-state index in [4.69, 9.17) is 0 Å². The highest BCUT2D eigenvalue weighted by Crippen LogP contribution is 2.43. The number of carbonyl (C=O) groups excluding carboxylic acids is 9. The molecule has 1 fully saturated rings. The van der Waals surface area contributed by atoms with E-state index in [9.17, 15) is 95.8 Å². The van der Waals surface area contributed by atoms with Gasteiger partial charge in [-0.25, -0.2) is 0 Å². The number of benzene rings is 7. The van der Waals surface area contributed by atoms with Crippen LogP contribution in [0.1, 0.15) is 228 Å². The van der Waals surface area contributed by atoms with E-state index in [-0.39, 0.29) is 140 Å². The number of Topliss-reactive ketones (excluding diaryl/α,β-unsaturated/α-hetero) is 5. The SMILES string of the molecule is CC(=O)c1cccc(C[C@H](CC(=O)Cn2nc(C(F)(F)F)c3c2CCCC3)C(=O)N(C)c2ccccc2)c1.CN(C(=O)[C@@H](CC(=O)Cn1nc(C(F)(F)F)c2c1CCCC2)CC1CCCCC1)c1ccccc1.Cc1cccc(C[C@H](CC(=O)Cn2nc(C(F)(F)F)c3c2CCCC3)C(=O)N(C)c2ccccc2)c1.Cc1cccc(C[C@H](CC(=O)Cn2nc(C(F)(F)F)c3c2CCCC3)C(=O)N(C)c2ccccc2)c1. The number of amides is 4. The second-order valence-electron chi connectivity index (χ2n) is 38.8. The van der Waals surface area contributed by atoms with Crippen LogP contribution in [-0.4, -0.2) is 120 Å². The summed E-state index contributed by atoms with van der Waals surface area (Å²) in [4.78, 5) is 125. The predicted molar refractivity (Wildman–Crippen MR) is 528 cm³/mol. The lowest BCUT2D eigenvalue weighted by molar-refractivity contribution is -0.143. The zero-order chi connectivity index (χ0) is 104. The van der Waals surface area contributed by atoms with Crippen LogP contribution in [0.2, 0.25) is 0 Å². The van der Waals surface area contributed by atoms with Gasteiger partial charge in [0.2, 0.25) is 23.6 Å². The first-order chi connectivity index (χ1) is 69.0. The number of ketones is 5. The van der Waals surface area contributed by atoms with Crippen LogP contribution < -0.4 is 19.6 Å². The molecule has 4 heterocycles. The number of alkyl halides is 12. The monoisotopic (exact) mass is 2010 g/mol. The number of aromatic nitrogens is 8. The van der Waals surface area contributed by atoms with Crippen LogP contribution in [0.4, 0.5) is 75.4 Å². The summed E-state index contributed by atoms with van der Waals surface area (Å²) in [6.45, 7) is 4.28. The zero-order valence-electron chi connectivity index (χ0n) is 82.8. The molecule has 33 heteroatoms. The highest BCUT2D eigenvalue weighted by Gasteiger charge is 2.45. The minimum Gasteiger partial charge on any atom is -0.315 e. The molecule has 4 atom stereocenters. The Morgan fingerprint density at radius 2 is 0.559 bits per heavy atom. The van der Waals surface area contributed by atoms with Crippen LogP contribution in [0, 0.1) is 43.4 Å². The summed E-state index contributed by atoms with van der Waals surface area (Å²) >= 11 is 0. The molecule has 0 spiro atoms. The third kappa shape index (κ3) is 29.1. The van der Waals surface area contributed by atoms with Crippen molar-refractivity contribution in [1.29, 1.82) is 0 Å². The van der Waals surface area contributed by atoms with Gasteiger partial charge in [0, 0.05) is 151 Å². The van der Waals surface area contributed by atoms with Gasteiger partial charge in [-0.1, -0.05) is 183 Å². The van der Waals surface area contributed by atoms with Gasteiger partial charge in [0.1, 0.15) is 0 Å². The zero-order valence-corrected chi connectivity index (χ0v) is 82.8. The summed E-state index contributed by atoms with van der Waals surface area (Å²) in [7, 11) is 6.69. The van der Waals surface area contributed by atoms with Crippen molar-refractivity contribution >= 4 is 75.3 Å². The topological polar surface area (TPSA) is 238 Å². The number of para-hydroxylation sites is 4. The largest absolute Gasteiger partial charge is 0.435 e. The van der Waals surface area contributed by atoms with Crippen molar-refractivity contribution in [1.82, 2.24) is 39.1 Å². The minimum atomic E-state index is -4.59. The number of hydrogen-bond acceptors (Lipinski definition) is 13. The fraction of sp³-hybridized carbons (Fsp3) is 0.438. The van der Waals surface area contributed by atoms with Crippen LogP contribution in [0.3, 0.4) is 0 Å². The average Bonchev–Trinajstić information content (AvgIpc) is 1.64. The fourth-order valence-corrected chi connectivity index (χ4v) is 20.6. The molecule has 770 valence electrons. The summed E-state index contributed by atoms with van der Waals surface area (Å²) in [5.74, 6) is -4.39. The Hall–Kier alpha value is -13.2. The van der Waals surface area contributed by atoms with E-state index < -0.39 is 71.2 Å². The van der Waals surface area contributed by atoms with Gasteiger partial charge in [-0.3, -0.25) is 61.9 Å². The molecular weight excluding hydrogens is 1890 g/mol. The number of anilines is 4. The molecule has 145 heavy (non-hydrogen) atoms. The van der Waals surface area contributed by atoms with Gasteiger partial charge in [0.15, 0.2) is 51.7 Å². The number of fused-ring (bicyclic) bond motifs is 4. The molecule has 0 aliphatic heterocycles. The number of aryl methyl sites for hydroxylation is 2. The Kier molecular flexibility index (Phi) is 36.9. The van der Waals surface area contributed by atoms with Crippen molar-refractivity contribution in [3.8, 4) is 0 Å². The van der Waals surface area contributed by atoms with Gasteiger partial charge < -0.3 is 19.6 Å². The van der Waals surface area contributed by atoms with E-state index in [1.165, 1.54) is 46.8 Å². The van der Waals surface area contributed by atoms with Crippen molar-refractivity contribution in [3.05, 3.63) is 295 Å². The first kappa shape index (κ1) is 109. The minimum absolute atomic E-state index is 0.0164. The molecule has 5 aliphatic carbocycles. The van der Waals surface area contributed by atoms with E-state index >= 15 is 0 Å². The lowest BCUT2D eigenvalue weighted by Crippen LogP contribution is -2.36. The van der Waals surface area contributed by atoms with Gasteiger partial charge in [-0.05, 0) is 226 Å². The van der Waals surface area contributed by atoms with Crippen LogP contribution in [0.15, 0.2) is 194 Å². The summed E-state index contributed by atoms with van der Waals surface area (Å²) in [5, 5.41) is 15.2. The van der Waals surface area contributed by atoms with Gasteiger partial charge in [-0.15, -0.1) is 0 Å². The van der Waals surface area contributed by atoms with Crippen molar-refractivity contribution in [2.75, 3.05) is 47.8 Å². The molecule has 4 aromatic heterocycles. The van der Waals surface area contributed by atoms with Gasteiger partial charge in [-0.2, -0.15) is 73.1 Å². The molecule has 5 aliphatic rings. The van der Waals surface area contributed by atoms with E-state index in [2.05, 4.69) is 20.4 Å². The third-order valence-corrected chi connectivity index (χ3v) is 27.9. The first-order valence-electron chi connectivity index (χ1n) is 49.8. The van der Waals surface area contributed by atoms with Crippen LogP contribution in [-0.2, 0) is 160 Å². The van der Waals surface area contributed by atoms with Gasteiger partial charge >= 0.3 is 24.7 Å². The normalized spacial score (nSPS) is 15.0. The fourth-order valence-electron chi connectivity index (χ4n) is 20.6. The summed E-state index contributed by atoms with van der Waals surface area (Å²) in [6.07, 6.45) is -2.60. The number of rotatable bonds is 33. The Balaban J connectivity index is 0.000000162. The van der Waals surface area contributed by atoms with E-state index in [1.807, 2.05) is 159 Å². The molecule has 0 N–H and O–H groups in total. The smallest absolute Gasteiger partial charge is 0.315 e. The molecule has 21 nitrogen and oxygen atoms in total. The first-order valence-corrected chi connectivity index (χ1v) is 49.8. The summed E-state index contributed by atoms with van der Waals surface area (Å²) < 4.78 is 168. The lowest BCUT2D eigenvalue weighted by atomic mass is 9.81. The number of nitrogens with zero attached hydrogens (tertiary/aromatic N) is 12. The molecule has 16 rings (SSSR count). The molecule has 11 aromatic rings. The predicted octanol–water partition coefficient (Wildman–Crippen LogP) is 22.6. The molecule has 0 saturated heterocycles. The Bertz CT molecular complexity index is 6150. The van der Waals surface area contributed by atoms with Gasteiger partial charge in [0.25, 0.3) is 0 Å². The second-order valence-corrected chi connectivity index (χ2v) is 38.8. The molecule has 0 bridgehead atoms. The number of hydrogen-bond donors (Lipinski definition) is 0. The molecular formula is C112H124F12N12O9. The van der Waals surface area contributed by atoms with Crippen LogP contribution in [0.5, 0.6) is 0 Å². The molecule has 1 saturated carbocycles. The van der Waals surface area contributed by atoms with Crippen LogP contribution >= 0.6 is 0 Å². The van der Waals surface area contributed by atoms with E-state index in [1.54, 1.807) is 81.6 Å². The van der Waals surface area contributed by atoms with Gasteiger partial charge in [0.05, 0.1) is 26.2 Å². The van der Waals surface area contributed by atoms with E-state index in [0.717, 1.165) is 84.9 Å². The maximum Gasteiger partial charge on any atom is 0.435 e. The highest BCUT2D eigenvalue weighted by atomic mass is 19.4. The van der Waals surface area contributed by atoms with Crippen LogP contribution in [0.25, 0.3) is 0 Å². The Morgan fingerprint density at radius 3 is 0.821 bits per heavy atom. The third-order valence-electron chi connectivity index (χ3n) is 27.9. The number of carbonyl (C=O) groups is 9. The Labute approximate surface area is 836 Å². The Morgan fingerprint density at radius 1 is 0.310 bits per heavy atom. The molecule has 4 amide bonds. The maximum atomic E-state index is 13.6. The maximum absolute atomic E-state index is 13.6. The number of halogens is 12. The van der Waals surface area contributed by atoms with Crippen molar-refractivity contribution in [2.24, 2.45) is 29.6 Å². The van der Waals surface area contributed by atoms with Crippen molar-refractivity contribution in [2.45, 2.75) is 258 Å².